The summed E-state index contributed by atoms with van der Waals surface area (Å²) in [6.45, 7) is 7.97. The first-order valence-electron chi connectivity index (χ1n) is 7.11. The number of aromatic amines is 1. The number of carboxylic acid groups (broad SMARTS) is 1. The molecule has 4 heteroatoms. The standard InChI is InChI=1S/C16H22N2O2/c1-5-16(6-2,15(19)20)9-14-17-12-7-10(3)11(4)8-13(12)18-14/h7-8H,5-6,9H2,1-4H3,(H,17,18)(H,19,20). The number of aliphatic carboxylic acids is 1. The number of H-pyrrole nitrogens is 1. The molecule has 0 unspecified atom stereocenters. The second-order valence-electron chi connectivity index (χ2n) is 5.61. The summed E-state index contributed by atoms with van der Waals surface area (Å²) in [5.74, 6) is 0.0198. The van der Waals surface area contributed by atoms with Crippen molar-refractivity contribution >= 4 is 17.0 Å². The molecule has 0 radical (unpaired) electrons. The number of nitrogens with zero attached hydrogens (tertiary/aromatic N) is 1. The number of fused-ring (bicyclic) bond motifs is 1. The Kier molecular flexibility index (Phi) is 3.84. The van der Waals surface area contributed by atoms with Gasteiger partial charge in [0.15, 0.2) is 0 Å². The van der Waals surface area contributed by atoms with Crippen LogP contribution in [0, 0.1) is 19.3 Å². The first-order chi connectivity index (χ1) is 9.41. The van der Waals surface area contributed by atoms with Crippen LogP contribution in [-0.4, -0.2) is 21.0 Å². The molecule has 2 N–H and O–H groups in total. The summed E-state index contributed by atoms with van der Waals surface area (Å²) in [6, 6.07) is 4.12. The number of aromatic nitrogens is 2. The molecule has 0 saturated carbocycles. The van der Waals surface area contributed by atoms with Gasteiger partial charge in [0.05, 0.1) is 16.4 Å². The largest absolute Gasteiger partial charge is 0.481 e. The van der Waals surface area contributed by atoms with Crippen LogP contribution >= 0.6 is 0 Å². The molecule has 0 amide bonds. The number of carboxylic acids is 1. The Hall–Kier alpha value is -1.84. The number of hydrogen-bond donors (Lipinski definition) is 2. The maximum Gasteiger partial charge on any atom is 0.310 e. The third-order valence-electron chi connectivity index (χ3n) is 4.46. The van der Waals surface area contributed by atoms with Crippen molar-refractivity contribution < 1.29 is 9.90 Å². The van der Waals surface area contributed by atoms with Crippen molar-refractivity contribution in [2.75, 3.05) is 0 Å². The highest BCUT2D eigenvalue weighted by atomic mass is 16.4. The first kappa shape index (κ1) is 14.6. The van der Waals surface area contributed by atoms with Crippen molar-refractivity contribution in [2.45, 2.75) is 47.0 Å². The van der Waals surface area contributed by atoms with Gasteiger partial charge < -0.3 is 10.1 Å². The van der Waals surface area contributed by atoms with Crippen molar-refractivity contribution in [1.29, 1.82) is 0 Å². The zero-order valence-electron chi connectivity index (χ0n) is 12.6. The van der Waals surface area contributed by atoms with E-state index in [-0.39, 0.29) is 0 Å². The van der Waals surface area contributed by atoms with E-state index in [1.807, 2.05) is 19.9 Å². The lowest BCUT2D eigenvalue weighted by molar-refractivity contribution is -0.149. The van der Waals surface area contributed by atoms with Gasteiger partial charge in [-0.05, 0) is 49.9 Å². The van der Waals surface area contributed by atoms with Gasteiger partial charge in [0.2, 0.25) is 0 Å². The predicted molar refractivity (Wildman–Crippen MR) is 79.9 cm³/mol. The lowest BCUT2D eigenvalue weighted by Crippen LogP contribution is -2.32. The van der Waals surface area contributed by atoms with Gasteiger partial charge in [-0.25, -0.2) is 4.98 Å². The van der Waals surface area contributed by atoms with Gasteiger partial charge in [0.25, 0.3) is 0 Å². The van der Waals surface area contributed by atoms with Crippen molar-refractivity contribution in [2.24, 2.45) is 5.41 Å². The molecule has 0 aliphatic rings. The molecule has 4 nitrogen and oxygen atoms in total. The van der Waals surface area contributed by atoms with Crippen molar-refractivity contribution in [3.8, 4) is 0 Å². The minimum atomic E-state index is -0.740. The Morgan fingerprint density at radius 1 is 1.25 bits per heavy atom. The van der Waals surface area contributed by atoms with Crippen molar-refractivity contribution in [3.05, 3.63) is 29.1 Å². The SMILES string of the molecule is CCC(CC)(Cc1nc2cc(C)c(C)cc2[nH]1)C(=O)O. The maximum atomic E-state index is 11.6. The minimum Gasteiger partial charge on any atom is -0.481 e. The van der Waals surface area contributed by atoms with Crippen molar-refractivity contribution in [1.82, 2.24) is 9.97 Å². The van der Waals surface area contributed by atoms with Crippen LogP contribution in [0.4, 0.5) is 0 Å². The van der Waals surface area contributed by atoms with Gasteiger partial charge in [-0.15, -0.1) is 0 Å². The highest BCUT2D eigenvalue weighted by molar-refractivity contribution is 5.78. The van der Waals surface area contributed by atoms with E-state index in [0.29, 0.717) is 19.3 Å². The number of carbonyl (C=O) groups is 1. The van der Waals surface area contributed by atoms with Gasteiger partial charge in [-0.3, -0.25) is 4.79 Å². The van der Waals surface area contributed by atoms with E-state index in [1.54, 1.807) is 0 Å². The van der Waals surface area contributed by atoms with E-state index in [4.69, 9.17) is 0 Å². The molecule has 0 aliphatic carbocycles. The third-order valence-corrected chi connectivity index (χ3v) is 4.46. The lowest BCUT2D eigenvalue weighted by Gasteiger charge is -2.25. The maximum absolute atomic E-state index is 11.6. The summed E-state index contributed by atoms with van der Waals surface area (Å²) in [7, 11) is 0. The highest BCUT2D eigenvalue weighted by Gasteiger charge is 2.36. The van der Waals surface area contributed by atoms with E-state index in [2.05, 4.69) is 29.9 Å². The number of rotatable bonds is 5. The summed E-state index contributed by atoms with van der Waals surface area (Å²) in [5.41, 5.74) is 3.58. The molecule has 2 aromatic rings. The van der Waals surface area contributed by atoms with Crippen LogP contribution in [0.5, 0.6) is 0 Å². The van der Waals surface area contributed by atoms with Crippen molar-refractivity contribution in [3.63, 3.8) is 0 Å². The number of hydrogen-bond acceptors (Lipinski definition) is 2. The Morgan fingerprint density at radius 3 is 2.40 bits per heavy atom. The fourth-order valence-electron chi connectivity index (χ4n) is 2.60. The van der Waals surface area contributed by atoms with Crippen LogP contribution in [0.3, 0.4) is 0 Å². The van der Waals surface area contributed by atoms with Crippen LogP contribution in [-0.2, 0) is 11.2 Å². The molecule has 1 aromatic heterocycles. The summed E-state index contributed by atoms with van der Waals surface area (Å²) < 4.78 is 0. The quantitative estimate of drug-likeness (QED) is 0.875. The molecule has 0 saturated heterocycles. The fraction of sp³-hybridized carbons (Fsp3) is 0.500. The molecule has 108 valence electrons. The second kappa shape index (κ2) is 5.27. The number of aryl methyl sites for hydroxylation is 2. The van der Waals surface area contributed by atoms with Crippen LogP contribution in [0.2, 0.25) is 0 Å². The number of benzene rings is 1. The zero-order chi connectivity index (χ0) is 14.9. The monoisotopic (exact) mass is 274 g/mol. The van der Waals surface area contributed by atoms with E-state index >= 15 is 0 Å². The van der Waals surface area contributed by atoms with E-state index in [1.165, 1.54) is 11.1 Å². The Labute approximate surface area is 119 Å². The van der Waals surface area contributed by atoms with Crippen LogP contribution in [0.15, 0.2) is 12.1 Å². The van der Waals surface area contributed by atoms with Crippen LogP contribution < -0.4 is 0 Å². The molecule has 1 heterocycles. The molecular formula is C16H22N2O2. The van der Waals surface area contributed by atoms with Gasteiger partial charge in [0, 0.05) is 6.42 Å². The molecule has 0 aliphatic heterocycles. The van der Waals surface area contributed by atoms with Gasteiger partial charge in [0.1, 0.15) is 5.82 Å². The molecule has 0 atom stereocenters. The predicted octanol–water partition coefficient (Wildman–Crippen LogP) is 3.61. The van der Waals surface area contributed by atoms with Gasteiger partial charge in [-0.1, -0.05) is 13.8 Å². The van der Waals surface area contributed by atoms with Crippen LogP contribution in [0.25, 0.3) is 11.0 Å². The number of imidazole rings is 1. The molecule has 0 fully saturated rings. The summed E-state index contributed by atoms with van der Waals surface area (Å²) >= 11 is 0. The molecule has 0 bridgehead atoms. The molecule has 0 spiro atoms. The summed E-state index contributed by atoms with van der Waals surface area (Å²) in [4.78, 5) is 19.4. The molecule has 2 rings (SSSR count). The van der Waals surface area contributed by atoms with E-state index in [9.17, 15) is 9.90 Å². The molecular weight excluding hydrogens is 252 g/mol. The smallest absolute Gasteiger partial charge is 0.310 e. The average molecular weight is 274 g/mol. The van der Waals surface area contributed by atoms with Gasteiger partial charge in [-0.2, -0.15) is 0 Å². The molecule has 20 heavy (non-hydrogen) atoms. The van der Waals surface area contributed by atoms with E-state index < -0.39 is 11.4 Å². The van der Waals surface area contributed by atoms with Gasteiger partial charge >= 0.3 is 5.97 Å². The fourth-order valence-corrected chi connectivity index (χ4v) is 2.60. The Bertz CT molecular complexity index is 600. The first-order valence-corrected chi connectivity index (χ1v) is 7.11. The topological polar surface area (TPSA) is 66.0 Å². The van der Waals surface area contributed by atoms with Crippen LogP contribution in [0.1, 0.15) is 43.6 Å². The Morgan fingerprint density at radius 2 is 1.85 bits per heavy atom. The molecule has 1 aromatic carbocycles. The normalized spacial score (nSPS) is 12.0. The second-order valence-corrected chi connectivity index (χ2v) is 5.61. The summed E-state index contributed by atoms with van der Waals surface area (Å²) in [5, 5.41) is 9.51. The Balaban J connectivity index is 2.41. The summed E-state index contributed by atoms with van der Waals surface area (Å²) in [6.07, 6.45) is 1.66. The third kappa shape index (κ3) is 2.42. The number of nitrogens with one attached hydrogen (secondary N) is 1. The highest BCUT2D eigenvalue weighted by Crippen LogP contribution is 2.31. The lowest BCUT2D eigenvalue weighted by atomic mass is 9.79. The average Bonchev–Trinajstić information content (AvgIpc) is 2.77. The van der Waals surface area contributed by atoms with E-state index in [0.717, 1.165) is 16.9 Å². The zero-order valence-corrected chi connectivity index (χ0v) is 12.6. The minimum absolute atomic E-state index is 0.447.